The van der Waals surface area contributed by atoms with Gasteiger partial charge in [-0.2, -0.15) is 0 Å². The van der Waals surface area contributed by atoms with Crippen molar-refractivity contribution in [1.82, 2.24) is 0 Å². The molecule has 1 nitrogen and oxygen atoms in total. The van der Waals surface area contributed by atoms with Crippen LogP contribution in [0, 0.1) is 24.6 Å². The van der Waals surface area contributed by atoms with E-state index in [1.807, 2.05) is 13.0 Å². The number of hydrogen-bond donors (Lipinski definition) is 1. The Bertz CT molecular complexity index is 496. The van der Waals surface area contributed by atoms with Crippen LogP contribution in [0.2, 0.25) is 0 Å². The highest BCUT2D eigenvalue weighted by Crippen LogP contribution is 2.29. The van der Waals surface area contributed by atoms with Gasteiger partial charge in [0.05, 0.1) is 4.47 Å². The number of hydrogen-bond acceptors (Lipinski definition) is 1. The van der Waals surface area contributed by atoms with E-state index < -0.39 is 0 Å². The Morgan fingerprint density at radius 2 is 2.11 bits per heavy atom. The molecule has 0 radical (unpaired) electrons. The third kappa shape index (κ3) is 3.82. The molecule has 3 heteroatoms. The molecule has 0 heterocycles. The fraction of sp³-hybridized carbons (Fsp3) is 0.500. The third-order valence-electron chi connectivity index (χ3n) is 3.73. The minimum Gasteiger partial charge on any atom is -0.384 e. The molecule has 2 rings (SSSR count). The van der Waals surface area contributed by atoms with Crippen LogP contribution < -0.4 is 5.32 Å². The second-order valence-corrected chi connectivity index (χ2v) is 6.61. The SMILES string of the molecule is CC1=CC(C)CC(CNc2cc(F)c(Br)cc2C)C1. The van der Waals surface area contributed by atoms with Crippen molar-refractivity contribution in [1.29, 1.82) is 0 Å². The van der Waals surface area contributed by atoms with Gasteiger partial charge in [0, 0.05) is 12.2 Å². The summed E-state index contributed by atoms with van der Waals surface area (Å²) in [4.78, 5) is 0. The molecule has 2 atom stereocenters. The molecule has 0 aliphatic heterocycles. The van der Waals surface area contributed by atoms with Gasteiger partial charge in [-0.25, -0.2) is 4.39 Å². The van der Waals surface area contributed by atoms with E-state index in [9.17, 15) is 4.39 Å². The highest BCUT2D eigenvalue weighted by atomic mass is 79.9. The molecule has 1 aliphatic rings. The maximum Gasteiger partial charge on any atom is 0.139 e. The highest BCUT2D eigenvalue weighted by Gasteiger charge is 2.18. The molecular weight excluding hydrogens is 305 g/mol. The normalized spacial score (nSPS) is 23.1. The predicted octanol–water partition coefficient (Wildman–Crippen LogP) is 5.30. The van der Waals surface area contributed by atoms with Crippen LogP contribution in [-0.4, -0.2) is 6.54 Å². The van der Waals surface area contributed by atoms with Gasteiger partial charge in [0.2, 0.25) is 0 Å². The average Bonchev–Trinajstić information content (AvgIpc) is 2.31. The summed E-state index contributed by atoms with van der Waals surface area (Å²) < 4.78 is 14.1. The number of aryl methyl sites for hydroxylation is 1. The van der Waals surface area contributed by atoms with Crippen LogP contribution in [0.15, 0.2) is 28.3 Å². The second kappa shape index (κ2) is 6.08. The van der Waals surface area contributed by atoms with Gasteiger partial charge in [0.25, 0.3) is 0 Å². The minimum atomic E-state index is -0.207. The largest absolute Gasteiger partial charge is 0.384 e. The van der Waals surface area contributed by atoms with Crippen molar-refractivity contribution in [3.63, 3.8) is 0 Å². The van der Waals surface area contributed by atoms with Crippen LogP contribution in [0.1, 0.15) is 32.3 Å². The van der Waals surface area contributed by atoms with E-state index in [0.29, 0.717) is 16.3 Å². The molecule has 1 aromatic rings. The summed E-state index contributed by atoms with van der Waals surface area (Å²) in [5, 5.41) is 3.40. The molecule has 2 unspecified atom stereocenters. The zero-order valence-electron chi connectivity index (χ0n) is 11.8. The number of allylic oxidation sites excluding steroid dienone is 2. The first-order valence-electron chi connectivity index (χ1n) is 6.82. The Labute approximate surface area is 123 Å². The molecule has 1 aromatic carbocycles. The summed E-state index contributed by atoms with van der Waals surface area (Å²) in [6.07, 6.45) is 4.72. The Balaban J connectivity index is 2.00. The van der Waals surface area contributed by atoms with Crippen LogP contribution in [-0.2, 0) is 0 Å². The number of benzene rings is 1. The van der Waals surface area contributed by atoms with Gasteiger partial charge in [-0.05, 0) is 72.2 Å². The Morgan fingerprint density at radius 1 is 1.37 bits per heavy atom. The van der Waals surface area contributed by atoms with Crippen LogP contribution >= 0.6 is 15.9 Å². The van der Waals surface area contributed by atoms with Gasteiger partial charge in [0.15, 0.2) is 0 Å². The summed E-state index contributed by atoms with van der Waals surface area (Å²) >= 11 is 3.21. The molecule has 0 spiro atoms. The Hall–Kier alpha value is -0.830. The lowest BCUT2D eigenvalue weighted by Gasteiger charge is -2.26. The number of anilines is 1. The molecule has 19 heavy (non-hydrogen) atoms. The molecule has 0 saturated carbocycles. The van der Waals surface area contributed by atoms with Crippen molar-refractivity contribution in [3.05, 3.63) is 39.6 Å². The van der Waals surface area contributed by atoms with Gasteiger partial charge in [0.1, 0.15) is 5.82 Å². The van der Waals surface area contributed by atoms with E-state index in [0.717, 1.165) is 24.2 Å². The van der Waals surface area contributed by atoms with E-state index in [2.05, 4.69) is 41.2 Å². The zero-order valence-corrected chi connectivity index (χ0v) is 13.3. The number of nitrogens with one attached hydrogen (secondary N) is 1. The smallest absolute Gasteiger partial charge is 0.139 e. The van der Waals surface area contributed by atoms with Crippen molar-refractivity contribution in [3.8, 4) is 0 Å². The van der Waals surface area contributed by atoms with Gasteiger partial charge in [-0.3, -0.25) is 0 Å². The van der Waals surface area contributed by atoms with Crippen LogP contribution in [0.4, 0.5) is 10.1 Å². The van der Waals surface area contributed by atoms with Crippen LogP contribution in [0.5, 0.6) is 0 Å². The molecule has 0 aromatic heterocycles. The topological polar surface area (TPSA) is 12.0 Å². The minimum absolute atomic E-state index is 0.207. The standard InChI is InChI=1S/C16H21BrFN/c1-10-4-11(2)6-13(5-10)9-19-16-8-15(18)14(17)7-12(16)3/h4,7-8,10,13,19H,5-6,9H2,1-3H3. The lowest BCUT2D eigenvalue weighted by molar-refractivity contribution is 0.421. The zero-order chi connectivity index (χ0) is 14.0. The van der Waals surface area contributed by atoms with Gasteiger partial charge < -0.3 is 5.32 Å². The molecule has 1 aliphatic carbocycles. The molecule has 0 bridgehead atoms. The summed E-state index contributed by atoms with van der Waals surface area (Å²) in [6.45, 7) is 7.38. The van der Waals surface area contributed by atoms with Gasteiger partial charge >= 0.3 is 0 Å². The van der Waals surface area contributed by atoms with Crippen LogP contribution in [0.3, 0.4) is 0 Å². The predicted molar refractivity (Wildman–Crippen MR) is 83.0 cm³/mol. The average molecular weight is 326 g/mol. The Kier molecular flexibility index (Phi) is 4.67. The van der Waals surface area contributed by atoms with E-state index in [1.54, 1.807) is 6.07 Å². The van der Waals surface area contributed by atoms with Crippen LogP contribution in [0.25, 0.3) is 0 Å². The van der Waals surface area contributed by atoms with Crippen molar-refractivity contribution in [2.75, 3.05) is 11.9 Å². The number of rotatable bonds is 3. The van der Waals surface area contributed by atoms with Crippen molar-refractivity contribution in [2.24, 2.45) is 11.8 Å². The first kappa shape index (κ1) is 14.6. The molecule has 0 amide bonds. The van der Waals surface area contributed by atoms with Gasteiger partial charge in [-0.15, -0.1) is 0 Å². The maximum atomic E-state index is 13.6. The van der Waals surface area contributed by atoms with Crippen molar-refractivity contribution >= 4 is 21.6 Å². The lowest BCUT2D eigenvalue weighted by Crippen LogP contribution is -2.20. The van der Waals surface area contributed by atoms with Crippen molar-refractivity contribution < 1.29 is 4.39 Å². The third-order valence-corrected chi connectivity index (χ3v) is 4.34. The van der Waals surface area contributed by atoms with E-state index in [-0.39, 0.29) is 5.82 Å². The Morgan fingerprint density at radius 3 is 2.79 bits per heavy atom. The molecular formula is C16H21BrFN. The van der Waals surface area contributed by atoms with E-state index in [4.69, 9.17) is 0 Å². The molecule has 1 N–H and O–H groups in total. The molecule has 0 saturated heterocycles. The van der Waals surface area contributed by atoms with E-state index >= 15 is 0 Å². The fourth-order valence-corrected chi connectivity index (χ4v) is 3.39. The fourth-order valence-electron chi connectivity index (χ4n) is 2.93. The summed E-state index contributed by atoms with van der Waals surface area (Å²) in [5.41, 5.74) is 3.45. The summed E-state index contributed by atoms with van der Waals surface area (Å²) in [7, 11) is 0. The first-order chi connectivity index (χ1) is 8.95. The molecule has 0 fully saturated rings. The lowest BCUT2D eigenvalue weighted by atomic mass is 9.83. The quantitative estimate of drug-likeness (QED) is 0.743. The second-order valence-electron chi connectivity index (χ2n) is 5.76. The maximum absolute atomic E-state index is 13.6. The highest BCUT2D eigenvalue weighted by molar-refractivity contribution is 9.10. The van der Waals surface area contributed by atoms with Gasteiger partial charge in [-0.1, -0.05) is 18.6 Å². The first-order valence-corrected chi connectivity index (χ1v) is 7.62. The summed E-state index contributed by atoms with van der Waals surface area (Å²) in [6, 6.07) is 3.40. The molecule has 104 valence electrons. The van der Waals surface area contributed by atoms with Crippen molar-refractivity contribution in [2.45, 2.75) is 33.6 Å². The van der Waals surface area contributed by atoms with E-state index in [1.165, 1.54) is 12.0 Å². The monoisotopic (exact) mass is 325 g/mol. The number of halogens is 2. The summed E-state index contributed by atoms with van der Waals surface area (Å²) in [5.74, 6) is 1.09.